The van der Waals surface area contributed by atoms with Crippen LogP contribution < -0.4 is 5.32 Å². The minimum atomic E-state index is -0.535. The normalized spacial score (nSPS) is 17.5. The first-order chi connectivity index (χ1) is 12.2. The van der Waals surface area contributed by atoms with Gasteiger partial charge < -0.3 is 19.4 Å². The van der Waals surface area contributed by atoms with E-state index < -0.39 is 10.5 Å². The highest BCUT2D eigenvalue weighted by Crippen LogP contribution is 2.25. The number of fused-ring (bicyclic) bond motifs is 1. The van der Waals surface area contributed by atoms with Crippen molar-refractivity contribution in [3.8, 4) is 0 Å². The molecule has 140 valence electrons. The zero-order valence-corrected chi connectivity index (χ0v) is 15.0. The number of nitro groups is 1. The number of nitro benzene ring substituents is 1. The van der Waals surface area contributed by atoms with Crippen LogP contribution in [0.5, 0.6) is 0 Å². The summed E-state index contributed by atoms with van der Waals surface area (Å²) in [6.45, 7) is 6.64. The summed E-state index contributed by atoms with van der Waals surface area (Å²) in [5.74, 6) is 0. The second-order valence-electron chi connectivity index (χ2n) is 7.28. The molecule has 1 unspecified atom stereocenters. The van der Waals surface area contributed by atoms with E-state index in [4.69, 9.17) is 9.15 Å². The van der Waals surface area contributed by atoms with E-state index in [0.717, 1.165) is 12.8 Å². The number of carbonyl (C=O) groups is 1. The van der Waals surface area contributed by atoms with Crippen LogP contribution in [-0.4, -0.2) is 45.6 Å². The van der Waals surface area contributed by atoms with E-state index in [2.05, 4.69) is 10.3 Å². The lowest BCUT2D eigenvalue weighted by atomic mass is 10.2. The highest BCUT2D eigenvalue weighted by Gasteiger charge is 2.32. The molecule has 1 saturated heterocycles. The summed E-state index contributed by atoms with van der Waals surface area (Å²) in [7, 11) is 0. The SMILES string of the molecule is CC(C)(C)OC(=O)N1CCCC1CNc1nc2cc([N+](=O)[O-])ccc2o1. The minimum Gasteiger partial charge on any atom is -0.444 e. The van der Waals surface area contributed by atoms with Crippen LogP contribution in [0.4, 0.5) is 16.5 Å². The highest BCUT2D eigenvalue weighted by molar-refractivity contribution is 5.77. The van der Waals surface area contributed by atoms with Crippen molar-refractivity contribution in [2.24, 2.45) is 0 Å². The largest absolute Gasteiger partial charge is 0.444 e. The van der Waals surface area contributed by atoms with Gasteiger partial charge in [0.1, 0.15) is 11.1 Å². The molecule has 0 bridgehead atoms. The summed E-state index contributed by atoms with van der Waals surface area (Å²) in [6, 6.07) is 4.52. The molecule has 1 fully saturated rings. The Balaban J connectivity index is 1.65. The summed E-state index contributed by atoms with van der Waals surface area (Å²) in [5.41, 5.74) is 0.307. The number of nitrogens with zero attached hydrogens (tertiary/aromatic N) is 3. The van der Waals surface area contributed by atoms with Crippen molar-refractivity contribution in [1.82, 2.24) is 9.88 Å². The van der Waals surface area contributed by atoms with E-state index in [9.17, 15) is 14.9 Å². The number of hydrogen-bond donors (Lipinski definition) is 1. The number of anilines is 1. The lowest BCUT2D eigenvalue weighted by Gasteiger charge is -2.28. The first kappa shape index (κ1) is 18.0. The van der Waals surface area contributed by atoms with Crippen LogP contribution in [-0.2, 0) is 4.74 Å². The molecule has 3 rings (SSSR count). The standard InChI is InChI=1S/C17H22N4O5/c1-17(2,3)26-16(22)20-8-4-5-12(20)10-18-15-19-13-9-11(21(23)24)6-7-14(13)25-15/h6-7,9,12H,4-5,8,10H2,1-3H3,(H,18,19). The van der Waals surface area contributed by atoms with Crippen molar-refractivity contribution >= 4 is 28.9 Å². The molecule has 0 saturated carbocycles. The Labute approximate surface area is 150 Å². The van der Waals surface area contributed by atoms with E-state index in [0.29, 0.717) is 24.2 Å². The molecule has 1 aromatic carbocycles. The third-order valence-corrected chi connectivity index (χ3v) is 4.08. The van der Waals surface area contributed by atoms with Crippen molar-refractivity contribution in [2.45, 2.75) is 45.3 Å². The maximum absolute atomic E-state index is 12.3. The summed E-state index contributed by atoms with van der Waals surface area (Å²) >= 11 is 0. The van der Waals surface area contributed by atoms with E-state index in [-0.39, 0.29) is 23.8 Å². The summed E-state index contributed by atoms with van der Waals surface area (Å²) in [6.07, 6.45) is 1.44. The number of carbonyl (C=O) groups excluding carboxylic acids is 1. The lowest BCUT2D eigenvalue weighted by Crippen LogP contribution is -2.42. The van der Waals surface area contributed by atoms with Crippen LogP contribution in [0, 0.1) is 10.1 Å². The van der Waals surface area contributed by atoms with Gasteiger partial charge in [0.25, 0.3) is 11.7 Å². The van der Waals surface area contributed by atoms with Gasteiger partial charge in [-0.05, 0) is 39.7 Å². The molecule has 2 aromatic rings. The Morgan fingerprint density at radius 1 is 1.50 bits per heavy atom. The van der Waals surface area contributed by atoms with E-state index in [1.54, 1.807) is 4.90 Å². The molecule has 26 heavy (non-hydrogen) atoms. The second-order valence-corrected chi connectivity index (χ2v) is 7.28. The predicted octanol–water partition coefficient (Wildman–Crippen LogP) is 3.55. The first-order valence-corrected chi connectivity index (χ1v) is 8.51. The molecule has 1 N–H and O–H groups in total. The monoisotopic (exact) mass is 362 g/mol. The highest BCUT2D eigenvalue weighted by atomic mass is 16.6. The van der Waals surface area contributed by atoms with Crippen molar-refractivity contribution in [2.75, 3.05) is 18.4 Å². The molecule has 1 aromatic heterocycles. The van der Waals surface area contributed by atoms with Gasteiger partial charge >= 0.3 is 6.09 Å². The number of nitrogens with one attached hydrogen (secondary N) is 1. The van der Waals surface area contributed by atoms with Gasteiger partial charge in [0, 0.05) is 25.2 Å². The van der Waals surface area contributed by atoms with Crippen molar-refractivity contribution in [3.05, 3.63) is 28.3 Å². The van der Waals surface area contributed by atoms with Gasteiger partial charge in [-0.15, -0.1) is 0 Å². The molecule has 1 atom stereocenters. The minimum absolute atomic E-state index is 0.0193. The number of ether oxygens (including phenoxy) is 1. The molecule has 1 aliphatic rings. The maximum atomic E-state index is 12.3. The molecule has 0 radical (unpaired) electrons. The van der Waals surface area contributed by atoms with Crippen LogP contribution in [0.15, 0.2) is 22.6 Å². The summed E-state index contributed by atoms with van der Waals surface area (Å²) in [5, 5.41) is 13.9. The van der Waals surface area contributed by atoms with Gasteiger partial charge in [0.15, 0.2) is 5.58 Å². The second kappa shape index (κ2) is 6.81. The first-order valence-electron chi connectivity index (χ1n) is 8.51. The number of benzene rings is 1. The molecular formula is C17H22N4O5. The van der Waals surface area contributed by atoms with Gasteiger partial charge in [-0.25, -0.2) is 4.79 Å². The van der Waals surface area contributed by atoms with Crippen LogP contribution in [0.25, 0.3) is 11.1 Å². The van der Waals surface area contributed by atoms with Gasteiger partial charge in [0.2, 0.25) is 0 Å². The van der Waals surface area contributed by atoms with Gasteiger partial charge in [-0.1, -0.05) is 0 Å². The zero-order valence-electron chi connectivity index (χ0n) is 15.0. The zero-order chi connectivity index (χ0) is 18.9. The number of likely N-dealkylation sites (tertiary alicyclic amines) is 1. The predicted molar refractivity (Wildman–Crippen MR) is 95.1 cm³/mol. The smallest absolute Gasteiger partial charge is 0.410 e. The topological polar surface area (TPSA) is 111 Å². The van der Waals surface area contributed by atoms with E-state index in [1.165, 1.54) is 18.2 Å². The molecule has 1 amide bonds. The fourth-order valence-corrected chi connectivity index (χ4v) is 2.92. The maximum Gasteiger partial charge on any atom is 0.410 e. The Bertz CT molecular complexity index is 826. The van der Waals surface area contributed by atoms with Crippen molar-refractivity contribution < 1.29 is 18.9 Å². The van der Waals surface area contributed by atoms with E-state index in [1.807, 2.05) is 20.8 Å². The average Bonchev–Trinajstić information content (AvgIpc) is 3.16. The number of aromatic nitrogens is 1. The van der Waals surface area contributed by atoms with Crippen LogP contribution >= 0.6 is 0 Å². The van der Waals surface area contributed by atoms with Gasteiger partial charge in [-0.2, -0.15) is 4.98 Å². The Kier molecular flexibility index (Phi) is 4.71. The number of rotatable bonds is 4. The van der Waals surface area contributed by atoms with Crippen LogP contribution in [0.1, 0.15) is 33.6 Å². The Morgan fingerprint density at radius 2 is 2.27 bits per heavy atom. The van der Waals surface area contributed by atoms with Gasteiger partial charge in [0.05, 0.1) is 11.0 Å². The number of hydrogen-bond acceptors (Lipinski definition) is 7. The number of non-ortho nitro benzene ring substituents is 1. The summed E-state index contributed by atoms with van der Waals surface area (Å²) in [4.78, 5) is 28.6. The Hall–Kier alpha value is -2.84. The lowest BCUT2D eigenvalue weighted by molar-refractivity contribution is -0.384. The number of amides is 1. The molecule has 9 nitrogen and oxygen atoms in total. The number of oxazole rings is 1. The fourth-order valence-electron chi connectivity index (χ4n) is 2.92. The molecule has 2 heterocycles. The van der Waals surface area contributed by atoms with Crippen molar-refractivity contribution in [3.63, 3.8) is 0 Å². The third kappa shape index (κ3) is 4.04. The Morgan fingerprint density at radius 3 is 2.96 bits per heavy atom. The van der Waals surface area contributed by atoms with E-state index >= 15 is 0 Å². The molecule has 0 aliphatic carbocycles. The average molecular weight is 362 g/mol. The quantitative estimate of drug-likeness (QED) is 0.654. The molecule has 1 aliphatic heterocycles. The molecule has 9 heteroatoms. The van der Waals surface area contributed by atoms with Gasteiger partial charge in [-0.3, -0.25) is 10.1 Å². The third-order valence-electron chi connectivity index (χ3n) is 4.08. The molecule has 0 spiro atoms. The van der Waals surface area contributed by atoms with Crippen molar-refractivity contribution in [1.29, 1.82) is 0 Å². The van der Waals surface area contributed by atoms with Crippen LogP contribution in [0.2, 0.25) is 0 Å². The van der Waals surface area contributed by atoms with Crippen LogP contribution in [0.3, 0.4) is 0 Å². The summed E-state index contributed by atoms with van der Waals surface area (Å²) < 4.78 is 11.0. The fraction of sp³-hybridized carbons (Fsp3) is 0.529. The molecular weight excluding hydrogens is 340 g/mol.